The van der Waals surface area contributed by atoms with E-state index in [0.717, 1.165) is 16.7 Å². The molecule has 0 aliphatic carbocycles. The zero-order valence-corrected chi connectivity index (χ0v) is 15.5. The molecule has 0 amide bonds. The van der Waals surface area contributed by atoms with E-state index in [4.69, 9.17) is 0 Å². The number of nitriles is 1. The lowest BCUT2D eigenvalue weighted by molar-refractivity contribution is -0.127. The SMILES string of the molecule is Cc1cc(C(C)(C)C)cc(C)c1C(=O)[C@H](C#N)C(=O)C(C)(C)C. The van der Waals surface area contributed by atoms with Crippen molar-refractivity contribution in [2.75, 3.05) is 0 Å². The van der Waals surface area contributed by atoms with Crippen molar-refractivity contribution in [1.29, 1.82) is 5.26 Å². The fourth-order valence-corrected chi connectivity index (χ4v) is 2.60. The lowest BCUT2D eigenvalue weighted by Gasteiger charge is -2.24. The molecule has 0 aromatic heterocycles. The molecule has 1 aromatic carbocycles. The lowest BCUT2D eigenvalue weighted by atomic mass is 9.78. The van der Waals surface area contributed by atoms with Gasteiger partial charge in [-0.2, -0.15) is 5.26 Å². The van der Waals surface area contributed by atoms with Crippen molar-refractivity contribution >= 4 is 11.6 Å². The number of hydrogen-bond acceptors (Lipinski definition) is 3. The number of nitrogens with zero attached hydrogens (tertiary/aromatic N) is 1. The standard InChI is InChI=1S/C20H27NO2/c1-12-9-14(19(3,4)5)10-13(2)16(12)17(22)15(11-21)18(23)20(6,7)8/h9-10,15H,1-8H3/t15-/m0/s1. The van der Waals surface area contributed by atoms with Crippen molar-refractivity contribution in [1.82, 2.24) is 0 Å². The molecule has 0 aliphatic heterocycles. The number of ketones is 2. The van der Waals surface area contributed by atoms with E-state index in [1.165, 1.54) is 0 Å². The Morgan fingerprint density at radius 3 is 1.74 bits per heavy atom. The molecule has 0 unspecified atom stereocenters. The van der Waals surface area contributed by atoms with Crippen molar-refractivity contribution in [2.45, 2.75) is 60.8 Å². The highest BCUT2D eigenvalue weighted by Gasteiger charge is 2.36. The molecular weight excluding hydrogens is 286 g/mol. The average Bonchev–Trinajstić information content (AvgIpc) is 2.36. The Morgan fingerprint density at radius 1 is 1.00 bits per heavy atom. The fourth-order valence-electron chi connectivity index (χ4n) is 2.60. The Labute approximate surface area is 139 Å². The maximum atomic E-state index is 12.8. The molecule has 0 bridgehead atoms. The topological polar surface area (TPSA) is 57.9 Å². The smallest absolute Gasteiger partial charge is 0.188 e. The number of benzene rings is 1. The van der Waals surface area contributed by atoms with Crippen molar-refractivity contribution in [3.8, 4) is 6.07 Å². The molecule has 1 rings (SSSR count). The molecule has 0 fully saturated rings. The van der Waals surface area contributed by atoms with Crippen LogP contribution in [0.3, 0.4) is 0 Å². The van der Waals surface area contributed by atoms with Crippen molar-refractivity contribution in [3.05, 3.63) is 34.4 Å². The van der Waals surface area contributed by atoms with Gasteiger partial charge in [-0.1, -0.05) is 53.7 Å². The second-order valence-corrected chi connectivity index (χ2v) is 8.28. The third-order valence-corrected chi connectivity index (χ3v) is 4.04. The molecule has 124 valence electrons. The summed E-state index contributed by atoms with van der Waals surface area (Å²) in [6.07, 6.45) is 0. The van der Waals surface area contributed by atoms with Crippen LogP contribution in [-0.2, 0) is 10.2 Å². The molecule has 1 atom stereocenters. The number of carbonyl (C=O) groups excluding carboxylic acids is 2. The summed E-state index contributed by atoms with van der Waals surface area (Å²) in [6.45, 7) is 15.3. The van der Waals surface area contributed by atoms with Gasteiger partial charge in [0.15, 0.2) is 17.5 Å². The summed E-state index contributed by atoms with van der Waals surface area (Å²) in [6, 6.07) is 5.87. The molecule has 0 heterocycles. The number of rotatable bonds is 3. The molecule has 3 nitrogen and oxygen atoms in total. The number of aryl methyl sites for hydroxylation is 2. The molecule has 23 heavy (non-hydrogen) atoms. The van der Waals surface area contributed by atoms with E-state index >= 15 is 0 Å². The van der Waals surface area contributed by atoms with E-state index in [2.05, 4.69) is 20.8 Å². The Balaban J connectivity index is 3.39. The summed E-state index contributed by atoms with van der Waals surface area (Å²) in [5, 5.41) is 9.37. The third kappa shape index (κ3) is 4.07. The van der Waals surface area contributed by atoms with Gasteiger partial charge in [0.2, 0.25) is 0 Å². The summed E-state index contributed by atoms with van der Waals surface area (Å²) in [7, 11) is 0. The Hall–Kier alpha value is -1.95. The predicted molar refractivity (Wildman–Crippen MR) is 92.5 cm³/mol. The van der Waals surface area contributed by atoms with Crippen LogP contribution in [0.2, 0.25) is 0 Å². The van der Waals surface area contributed by atoms with Crippen LogP contribution in [0.5, 0.6) is 0 Å². The van der Waals surface area contributed by atoms with Gasteiger partial charge in [0.25, 0.3) is 0 Å². The normalized spacial score (nSPS) is 13.3. The maximum Gasteiger partial charge on any atom is 0.188 e. The summed E-state index contributed by atoms with van der Waals surface area (Å²) in [4.78, 5) is 25.2. The lowest BCUT2D eigenvalue weighted by Crippen LogP contribution is -2.33. The summed E-state index contributed by atoms with van der Waals surface area (Å²) in [5.74, 6) is -1.96. The first-order valence-corrected chi connectivity index (χ1v) is 7.90. The minimum absolute atomic E-state index is 0.0209. The largest absolute Gasteiger partial charge is 0.297 e. The van der Waals surface area contributed by atoms with Gasteiger partial charge in [0, 0.05) is 11.0 Å². The van der Waals surface area contributed by atoms with Gasteiger partial charge in [-0.05, 0) is 36.0 Å². The minimum atomic E-state index is -1.24. The first-order valence-electron chi connectivity index (χ1n) is 7.90. The van der Waals surface area contributed by atoms with Crippen LogP contribution in [0, 0.1) is 36.5 Å². The Bertz CT molecular complexity index is 656. The van der Waals surface area contributed by atoms with Crippen LogP contribution in [0.15, 0.2) is 12.1 Å². The van der Waals surface area contributed by atoms with E-state index in [9.17, 15) is 14.9 Å². The molecule has 0 spiro atoms. The minimum Gasteiger partial charge on any atom is -0.297 e. The molecule has 0 saturated carbocycles. The average molecular weight is 313 g/mol. The van der Waals surface area contributed by atoms with E-state index in [1.807, 2.05) is 32.0 Å². The monoisotopic (exact) mass is 313 g/mol. The van der Waals surface area contributed by atoms with Gasteiger partial charge in [-0.15, -0.1) is 0 Å². The quantitative estimate of drug-likeness (QED) is 0.608. The van der Waals surface area contributed by atoms with Gasteiger partial charge >= 0.3 is 0 Å². The predicted octanol–water partition coefficient (Wildman–Crippen LogP) is 4.54. The molecule has 0 radical (unpaired) electrons. The van der Waals surface area contributed by atoms with Crippen LogP contribution < -0.4 is 0 Å². The van der Waals surface area contributed by atoms with Crippen LogP contribution in [0.25, 0.3) is 0 Å². The molecule has 0 saturated heterocycles. The summed E-state index contributed by atoms with van der Waals surface area (Å²) in [5.41, 5.74) is 2.54. The van der Waals surface area contributed by atoms with Crippen molar-refractivity contribution in [3.63, 3.8) is 0 Å². The number of carbonyl (C=O) groups is 2. The molecule has 0 N–H and O–H groups in total. The van der Waals surface area contributed by atoms with E-state index in [1.54, 1.807) is 20.8 Å². The second-order valence-electron chi connectivity index (χ2n) is 8.28. The molecule has 0 aliphatic rings. The van der Waals surface area contributed by atoms with Crippen molar-refractivity contribution in [2.24, 2.45) is 11.3 Å². The maximum absolute atomic E-state index is 12.8. The van der Waals surface area contributed by atoms with Crippen LogP contribution in [0.4, 0.5) is 0 Å². The first-order chi connectivity index (χ1) is 10.3. The zero-order chi connectivity index (χ0) is 18.2. The van der Waals surface area contributed by atoms with Gasteiger partial charge in [0.05, 0.1) is 6.07 Å². The fraction of sp³-hybridized carbons (Fsp3) is 0.550. The molecular formula is C20H27NO2. The Morgan fingerprint density at radius 2 is 1.43 bits per heavy atom. The second kappa shape index (κ2) is 6.28. The number of Topliss-reactive ketones (excluding diaryl/α,β-unsaturated/α-hetero) is 2. The first kappa shape index (κ1) is 19.1. The van der Waals surface area contributed by atoms with E-state index in [-0.39, 0.29) is 17.0 Å². The zero-order valence-electron chi connectivity index (χ0n) is 15.5. The molecule has 3 heteroatoms. The van der Waals surface area contributed by atoms with Gasteiger partial charge < -0.3 is 0 Å². The van der Waals surface area contributed by atoms with Crippen LogP contribution in [-0.4, -0.2) is 11.6 Å². The third-order valence-electron chi connectivity index (χ3n) is 4.04. The Kier molecular flexibility index (Phi) is 5.21. The van der Waals surface area contributed by atoms with Gasteiger partial charge in [0.1, 0.15) is 0 Å². The van der Waals surface area contributed by atoms with Crippen LogP contribution in [0.1, 0.15) is 68.6 Å². The highest BCUT2D eigenvalue weighted by Crippen LogP contribution is 2.29. The highest BCUT2D eigenvalue weighted by molar-refractivity contribution is 6.15. The van der Waals surface area contributed by atoms with Gasteiger partial charge in [-0.25, -0.2) is 0 Å². The highest BCUT2D eigenvalue weighted by atomic mass is 16.2. The van der Waals surface area contributed by atoms with Crippen LogP contribution >= 0.6 is 0 Å². The van der Waals surface area contributed by atoms with Gasteiger partial charge in [-0.3, -0.25) is 9.59 Å². The van der Waals surface area contributed by atoms with E-state index in [0.29, 0.717) is 5.56 Å². The summed E-state index contributed by atoms with van der Waals surface area (Å²) < 4.78 is 0. The van der Waals surface area contributed by atoms with Crippen molar-refractivity contribution < 1.29 is 9.59 Å². The molecule has 1 aromatic rings. The number of hydrogen-bond donors (Lipinski definition) is 0. The van der Waals surface area contributed by atoms with E-state index < -0.39 is 11.3 Å². The summed E-state index contributed by atoms with van der Waals surface area (Å²) >= 11 is 0.